The van der Waals surface area contributed by atoms with E-state index in [1.54, 1.807) is 0 Å². The maximum absolute atomic E-state index is 11.8. The van der Waals surface area contributed by atoms with E-state index in [1.807, 2.05) is 0 Å². The average Bonchev–Trinajstić information content (AvgIpc) is 2.37. The first kappa shape index (κ1) is 15.5. The zero-order chi connectivity index (χ0) is 15.3. The van der Waals surface area contributed by atoms with Gasteiger partial charge in [-0.25, -0.2) is 4.79 Å². The molecule has 0 bridgehead atoms. The summed E-state index contributed by atoms with van der Waals surface area (Å²) in [5.74, 6) is -1.67. The van der Waals surface area contributed by atoms with Gasteiger partial charge in [0.25, 0.3) is 0 Å². The smallest absolute Gasteiger partial charge is 0.337 e. The number of benzene rings is 1. The third kappa shape index (κ3) is 3.98. The second-order valence-electron chi connectivity index (χ2n) is 4.13. The summed E-state index contributed by atoms with van der Waals surface area (Å²) < 4.78 is 4.93. The Balaban J connectivity index is 2.94. The molecule has 0 aliphatic carbocycles. The van der Waals surface area contributed by atoms with Crippen molar-refractivity contribution in [1.82, 2.24) is 5.32 Å². The number of amides is 2. The van der Waals surface area contributed by atoms with Gasteiger partial charge in [-0.15, -0.1) is 0 Å². The maximum atomic E-state index is 11.8. The number of aromatic carboxylic acids is 1. The number of ether oxygens (including phenoxy) is 1. The minimum Gasteiger partial charge on any atom is -0.497 e. The highest BCUT2D eigenvalue weighted by Crippen LogP contribution is 2.22. The first-order chi connectivity index (χ1) is 9.35. The number of carboxylic acid groups (broad SMARTS) is 1. The van der Waals surface area contributed by atoms with Gasteiger partial charge in [-0.05, 0) is 25.1 Å². The molecule has 7 nitrogen and oxygen atoms in total. The van der Waals surface area contributed by atoms with E-state index >= 15 is 0 Å². The van der Waals surface area contributed by atoms with Gasteiger partial charge in [0.2, 0.25) is 11.8 Å². The van der Waals surface area contributed by atoms with Crippen molar-refractivity contribution in [2.45, 2.75) is 19.9 Å². The molecule has 1 atom stereocenters. The van der Waals surface area contributed by atoms with Crippen molar-refractivity contribution in [3.05, 3.63) is 23.8 Å². The van der Waals surface area contributed by atoms with Crippen molar-refractivity contribution in [3.63, 3.8) is 0 Å². The number of methoxy groups -OCH3 is 1. The first-order valence-corrected chi connectivity index (χ1v) is 5.84. The molecule has 7 heteroatoms. The summed E-state index contributed by atoms with van der Waals surface area (Å²) in [7, 11) is 1.41. The lowest BCUT2D eigenvalue weighted by Crippen LogP contribution is -2.40. The zero-order valence-electron chi connectivity index (χ0n) is 11.4. The Morgan fingerprint density at radius 1 is 1.30 bits per heavy atom. The van der Waals surface area contributed by atoms with Gasteiger partial charge in [0, 0.05) is 6.92 Å². The van der Waals surface area contributed by atoms with Crippen molar-refractivity contribution >= 4 is 23.5 Å². The standard InChI is InChI=1S/C13H16N2O5/c1-7(14-8(2)16)12(17)15-11-5-4-9(20-3)6-10(11)13(18)19/h4-7H,1-3H3,(H,14,16)(H,15,17)(H,18,19). The minimum absolute atomic E-state index is 0.0901. The van der Waals surface area contributed by atoms with Crippen LogP contribution in [0.3, 0.4) is 0 Å². The van der Waals surface area contributed by atoms with E-state index in [4.69, 9.17) is 9.84 Å². The lowest BCUT2D eigenvalue weighted by Gasteiger charge is -2.14. The molecule has 1 aromatic rings. The number of hydrogen-bond acceptors (Lipinski definition) is 4. The van der Waals surface area contributed by atoms with E-state index in [9.17, 15) is 14.4 Å². The molecule has 0 spiro atoms. The largest absolute Gasteiger partial charge is 0.497 e. The average molecular weight is 280 g/mol. The molecule has 3 N–H and O–H groups in total. The summed E-state index contributed by atoms with van der Waals surface area (Å²) in [6.07, 6.45) is 0. The summed E-state index contributed by atoms with van der Waals surface area (Å²) in [4.78, 5) is 33.8. The first-order valence-electron chi connectivity index (χ1n) is 5.84. The van der Waals surface area contributed by atoms with Gasteiger partial charge in [-0.2, -0.15) is 0 Å². The summed E-state index contributed by atoms with van der Waals surface area (Å²) in [5.41, 5.74) is 0.0493. The molecule has 0 fully saturated rings. The van der Waals surface area contributed by atoms with Crippen molar-refractivity contribution in [3.8, 4) is 5.75 Å². The van der Waals surface area contributed by atoms with E-state index in [2.05, 4.69) is 10.6 Å². The van der Waals surface area contributed by atoms with Crippen LogP contribution in [0.2, 0.25) is 0 Å². The van der Waals surface area contributed by atoms with Gasteiger partial charge in [0.1, 0.15) is 11.8 Å². The fourth-order valence-corrected chi connectivity index (χ4v) is 1.55. The number of carbonyl (C=O) groups is 3. The second-order valence-corrected chi connectivity index (χ2v) is 4.13. The summed E-state index contributed by atoms with van der Waals surface area (Å²) in [6.45, 7) is 2.79. The van der Waals surface area contributed by atoms with E-state index in [0.29, 0.717) is 5.75 Å². The molecule has 0 radical (unpaired) electrons. The quantitative estimate of drug-likeness (QED) is 0.742. The Morgan fingerprint density at radius 3 is 2.45 bits per heavy atom. The molecule has 1 unspecified atom stereocenters. The molecule has 0 aliphatic rings. The summed E-state index contributed by atoms with van der Waals surface area (Å²) in [5, 5.41) is 14.0. The zero-order valence-corrected chi connectivity index (χ0v) is 11.4. The van der Waals surface area contributed by atoms with E-state index in [0.717, 1.165) is 0 Å². The predicted molar refractivity (Wildman–Crippen MR) is 71.9 cm³/mol. The molecular formula is C13H16N2O5. The van der Waals surface area contributed by atoms with Gasteiger partial charge in [-0.1, -0.05) is 0 Å². The Morgan fingerprint density at radius 2 is 1.95 bits per heavy atom. The summed E-state index contributed by atoms with van der Waals surface area (Å²) >= 11 is 0. The van der Waals surface area contributed by atoms with Gasteiger partial charge >= 0.3 is 5.97 Å². The number of nitrogens with one attached hydrogen (secondary N) is 2. The molecule has 1 rings (SSSR count). The minimum atomic E-state index is -1.19. The Hall–Kier alpha value is -2.57. The number of anilines is 1. The molecule has 0 heterocycles. The van der Waals surface area contributed by atoms with E-state index < -0.39 is 17.9 Å². The van der Waals surface area contributed by atoms with Crippen LogP contribution in [0, 0.1) is 0 Å². The second kappa shape index (κ2) is 6.55. The molecule has 0 saturated carbocycles. The van der Waals surface area contributed by atoms with Crippen LogP contribution in [0.4, 0.5) is 5.69 Å². The molecule has 1 aromatic carbocycles. The Labute approximate surface area is 115 Å². The number of carboxylic acids is 1. The molecule has 108 valence electrons. The maximum Gasteiger partial charge on any atom is 0.337 e. The summed E-state index contributed by atoms with van der Waals surface area (Å²) in [6, 6.07) is 3.50. The fourth-order valence-electron chi connectivity index (χ4n) is 1.55. The SMILES string of the molecule is COc1ccc(NC(=O)C(C)NC(C)=O)c(C(=O)O)c1. The molecular weight excluding hydrogens is 264 g/mol. The van der Waals surface area contributed by atoms with Crippen LogP contribution in [-0.2, 0) is 9.59 Å². The number of hydrogen-bond donors (Lipinski definition) is 3. The van der Waals surface area contributed by atoms with Crippen molar-refractivity contribution in [2.75, 3.05) is 12.4 Å². The van der Waals surface area contributed by atoms with Crippen molar-refractivity contribution < 1.29 is 24.2 Å². The molecule has 20 heavy (non-hydrogen) atoms. The van der Waals surface area contributed by atoms with E-state index in [1.165, 1.54) is 39.2 Å². The Kier molecular flexibility index (Phi) is 5.08. The van der Waals surface area contributed by atoms with Crippen LogP contribution in [0.25, 0.3) is 0 Å². The molecule has 0 aliphatic heterocycles. The van der Waals surface area contributed by atoms with Crippen molar-refractivity contribution in [1.29, 1.82) is 0 Å². The molecule has 0 aromatic heterocycles. The fraction of sp³-hybridized carbons (Fsp3) is 0.308. The van der Waals surface area contributed by atoms with Crippen LogP contribution in [0.5, 0.6) is 5.75 Å². The van der Waals surface area contributed by atoms with Crippen LogP contribution in [0.15, 0.2) is 18.2 Å². The third-order valence-electron chi connectivity index (χ3n) is 2.53. The van der Waals surface area contributed by atoms with Gasteiger partial charge in [0.05, 0.1) is 18.4 Å². The Bertz CT molecular complexity index is 542. The highest BCUT2D eigenvalue weighted by atomic mass is 16.5. The van der Waals surface area contributed by atoms with E-state index in [-0.39, 0.29) is 17.2 Å². The van der Waals surface area contributed by atoms with Gasteiger partial charge < -0.3 is 20.5 Å². The van der Waals surface area contributed by atoms with Crippen molar-refractivity contribution in [2.24, 2.45) is 0 Å². The highest BCUT2D eigenvalue weighted by molar-refractivity contribution is 6.03. The molecule has 0 saturated heterocycles. The van der Waals surface area contributed by atoms with Crippen LogP contribution < -0.4 is 15.4 Å². The van der Waals surface area contributed by atoms with Crippen LogP contribution in [0.1, 0.15) is 24.2 Å². The monoisotopic (exact) mass is 280 g/mol. The normalized spacial score (nSPS) is 11.3. The lowest BCUT2D eigenvalue weighted by atomic mass is 10.1. The predicted octanol–water partition coefficient (Wildman–Crippen LogP) is 0.857. The van der Waals surface area contributed by atoms with Crippen LogP contribution >= 0.6 is 0 Å². The topological polar surface area (TPSA) is 105 Å². The lowest BCUT2D eigenvalue weighted by molar-refractivity contribution is -0.124. The number of rotatable bonds is 5. The van der Waals surface area contributed by atoms with Crippen LogP contribution in [-0.4, -0.2) is 36.0 Å². The molecule has 2 amide bonds. The van der Waals surface area contributed by atoms with Gasteiger partial charge in [0.15, 0.2) is 0 Å². The van der Waals surface area contributed by atoms with Gasteiger partial charge in [-0.3, -0.25) is 9.59 Å². The highest BCUT2D eigenvalue weighted by Gasteiger charge is 2.18. The number of carbonyl (C=O) groups excluding carboxylic acids is 2. The third-order valence-corrected chi connectivity index (χ3v) is 2.53.